The van der Waals surface area contributed by atoms with E-state index in [2.05, 4.69) is 13.8 Å². The first-order chi connectivity index (χ1) is 14.1. The second-order valence-electron chi connectivity index (χ2n) is 6.73. The molecule has 5 amide bonds. The minimum Gasteiger partial charge on any atom is -0.508 e. The van der Waals surface area contributed by atoms with Gasteiger partial charge in [0.05, 0.1) is 6.61 Å². The zero-order chi connectivity index (χ0) is 23.1. The first kappa shape index (κ1) is 25.1. The molecule has 1 aliphatic heterocycles. The first-order valence-electron chi connectivity index (χ1n) is 9.02. The number of aromatic hydroxyl groups is 1. The normalized spacial score (nSPS) is 18.1. The highest BCUT2D eigenvalue weighted by Gasteiger charge is 2.58. The summed E-state index contributed by atoms with van der Waals surface area (Å²) in [6.45, 7) is 2.28. The average Bonchev–Trinajstić information content (AvgIpc) is 2.92. The Bertz CT molecular complexity index is 773. The van der Waals surface area contributed by atoms with Gasteiger partial charge >= 0.3 is 12.1 Å². The SMILES string of the molecule is Cc1ccc(C(C)C)c(O)c1.O=C(NCO)N(CO)C1(CO)C(=O)NC(=O)N1CO. The van der Waals surface area contributed by atoms with Crippen LogP contribution >= 0.6 is 0 Å². The third-order valence-corrected chi connectivity index (χ3v) is 4.51. The fourth-order valence-corrected chi connectivity index (χ4v) is 2.90. The van der Waals surface area contributed by atoms with E-state index in [1.165, 1.54) is 0 Å². The van der Waals surface area contributed by atoms with Crippen LogP contribution in [0.3, 0.4) is 0 Å². The van der Waals surface area contributed by atoms with Gasteiger partial charge in [0.15, 0.2) is 0 Å². The smallest absolute Gasteiger partial charge is 0.328 e. The Balaban J connectivity index is 0.000000346. The summed E-state index contributed by atoms with van der Waals surface area (Å²) in [6, 6.07) is 3.67. The molecule has 0 aliphatic carbocycles. The number of benzene rings is 1. The summed E-state index contributed by atoms with van der Waals surface area (Å²) >= 11 is 0. The Kier molecular flexibility index (Phi) is 8.98. The molecule has 1 unspecified atom stereocenters. The third kappa shape index (κ3) is 4.97. The number of nitrogens with one attached hydrogen (secondary N) is 2. The van der Waals surface area contributed by atoms with Gasteiger partial charge in [0.1, 0.15) is 25.9 Å². The van der Waals surface area contributed by atoms with Gasteiger partial charge in [0.25, 0.3) is 5.91 Å². The molecule has 1 aliphatic rings. The van der Waals surface area contributed by atoms with E-state index in [4.69, 9.17) is 15.3 Å². The Morgan fingerprint density at radius 3 is 2.30 bits per heavy atom. The van der Waals surface area contributed by atoms with Gasteiger partial charge in [-0.25, -0.2) is 9.59 Å². The van der Waals surface area contributed by atoms with Gasteiger partial charge in [-0.1, -0.05) is 26.0 Å². The number of carbonyl (C=O) groups is 3. The Morgan fingerprint density at radius 1 is 1.23 bits per heavy atom. The second kappa shape index (κ2) is 10.7. The third-order valence-electron chi connectivity index (χ3n) is 4.51. The van der Waals surface area contributed by atoms with Gasteiger partial charge in [-0.3, -0.25) is 19.9 Å². The quantitative estimate of drug-likeness (QED) is 0.220. The zero-order valence-corrected chi connectivity index (χ0v) is 17.0. The predicted octanol–water partition coefficient (Wildman–Crippen LogP) is -1.09. The lowest BCUT2D eigenvalue weighted by Gasteiger charge is -2.40. The average molecular weight is 428 g/mol. The van der Waals surface area contributed by atoms with Crippen LogP contribution in [0.2, 0.25) is 0 Å². The maximum Gasteiger partial charge on any atom is 0.328 e. The highest BCUT2D eigenvalue weighted by molar-refractivity contribution is 6.08. The minimum absolute atomic E-state index is 0.399. The van der Waals surface area contributed by atoms with Crippen LogP contribution in [0.5, 0.6) is 5.75 Å². The van der Waals surface area contributed by atoms with Crippen molar-refractivity contribution in [3.63, 3.8) is 0 Å². The van der Waals surface area contributed by atoms with Crippen molar-refractivity contribution in [2.24, 2.45) is 0 Å². The summed E-state index contributed by atoms with van der Waals surface area (Å²) in [5, 5.41) is 49.4. The molecule has 0 aromatic heterocycles. The fraction of sp³-hybridized carbons (Fsp3) is 0.500. The van der Waals surface area contributed by atoms with Crippen molar-refractivity contribution in [1.29, 1.82) is 0 Å². The maximum atomic E-state index is 11.8. The molecular formula is C18H28N4O8. The predicted molar refractivity (Wildman–Crippen MR) is 104 cm³/mol. The number of phenolic OH excluding ortho intramolecular Hbond substituents is 1. The molecule has 0 saturated carbocycles. The van der Waals surface area contributed by atoms with E-state index in [1.807, 2.05) is 24.4 Å². The van der Waals surface area contributed by atoms with E-state index in [-0.39, 0.29) is 0 Å². The number of hydrogen-bond acceptors (Lipinski definition) is 8. The zero-order valence-electron chi connectivity index (χ0n) is 17.0. The van der Waals surface area contributed by atoms with E-state index in [1.54, 1.807) is 11.4 Å². The Hall–Kier alpha value is -2.93. The number of rotatable bonds is 6. The molecule has 0 spiro atoms. The molecule has 12 heteroatoms. The molecule has 1 saturated heterocycles. The lowest BCUT2D eigenvalue weighted by Crippen LogP contribution is -2.68. The standard InChI is InChI=1S/C10H14O.C8H14N4O7/c1-7(2)9-5-4-8(3)6-10(9)11;13-1-8(11(3-15)6(18)9-2-14)5(17)10-7(19)12(8)4-16/h4-7,11H,1-3H3;13-16H,1-4H2,(H,9,18)(H,10,17,19). The summed E-state index contributed by atoms with van der Waals surface area (Å²) < 4.78 is 0. The number of urea groups is 2. The molecule has 12 nitrogen and oxygen atoms in total. The van der Waals surface area contributed by atoms with Crippen LogP contribution in [-0.2, 0) is 4.79 Å². The monoisotopic (exact) mass is 428 g/mol. The maximum absolute atomic E-state index is 11.8. The number of aliphatic hydroxyl groups is 4. The molecule has 0 bridgehead atoms. The number of aryl methyl sites for hydroxylation is 1. The Labute approximate surface area is 173 Å². The van der Waals surface area contributed by atoms with Gasteiger partial charge in [-0.2, -0.15) is 0 Å². The lowest BCUT2D eigenvalue weighted by atomic mass is 10.0. The fourth-order valence-electron chi connectivity index (χ4n) is 2.90. The molecule has 1 fully saturated rings. The van der Waals surface area contributed by atoms with Gasteiger partial charge in [-0.05, 0) is 30.0 Å². The largest absolute Gasteiger partial charge is 0.508 e. The number of carbonyl (C=O) groups excluding carboxylic acids is 3. The molecule has 2 rings (SSSR count). The summed E-state index contributed by atoms with van der Waals surface area (Å²) in [7, 11) is 0. The molecule has 1 heterocycles. The highest BCUT2D eigenvalue weighted by Crippen LogP contribution is 2.26. The summed E-state index contributed by atoms with van der Waals surface area (Å²) in [6.07, 6.45) is 0. The molecule has 1 aromatic rings. The molecule has 7 N–H and O–H groups in total. The molecule has 30 heavy (non-hydrogen) atoms. The van der Waals surface area contributed by atoms with Gasteiger partial charge in [0, 0.05) is 0 Å². The molecule has 1 atom stereocenters. The first-order valence-corrected chi connectivity index (χ1v) is 9.02. The number of phenols is 1. The van der Waals surface area contributed by atoms with Crippen LogP contribution in [0.1, 0.15) is 30.9 Å². The number of imide groups is 1. The van der Waals surface area contributed by atoms with E-state index >= 15 is 0 Å². The van der Waals surface area contributed by atoms with E-state index in [0.717, 1.165) is 11.1 Å². The van der Waals surface area contributed by atoms with Crippen molar-refractivity contribution in [1.82, 2.24) is 20.4 Å². The van der Waals surface area contributed by atoms with Gasteiger partial charge in [0.2, 0.25) is 5.66 Å². The van der Waals surface area contributed by atoms with E-state index in [9.17, 15) is 24.6 Å². The number of aliphatic hydroxyl groups excluding tert-OH is 4. The molecule has 0 radical (unpaired) electrons. The Morgan fingerprint density at radius 2 is 1.87 bits per heavy atom. The van der Waals surface area contributed by atoms with Crippen LogP contribution < -0.4 is 10.6 Å². The van der Waals surface area contributed by atoms with Crippen LogP contribution in [0.15, 0.2) is 18.2 Å². The summed E-state index contributed by atoms with van der Waals surface area (Å²) in [5.41, 5.74) is -0.151. The van der Waals surface area contributed by atoms with Gasteiger partial charge < -0.3 is 30.8 Å². The van der Waals surface area contributed by atoms with Crippen molar-refractivity contribution < 1.29 is 39.9 Å². The summed E-state index contributed by atoms with van der Waals surface area (Å²) in [5.74, 6) is -0.271. The van der Waals surface area contributed by atoms with Crippen LogP contribution in [0.4, 0.5) is 9.59 Å². The van der Waals surface area contributed by atoms with E-state index in [0.29, 0.717) is 21.5 Å². The summed E-state index contributed by atoms with van der Waals surface area (Å²) in [4.78, 5) is 35.7. The van der Waals surface area contributed by atoms with Crippen LogP contribution in [-0.4, -0.2) is 85.8 Å². The van der Waals surface area contributed by atoms with E-state index < -0.39 is 50.4 Å². The lowest BCUT2D eigenvalue weighted by molar-refractivity contribution is -0.147. The number of amides is 5. The van der Waals surface area contributed by atoms with Crippen LogP contribution in [0.25, 0.3) is 0 Å². The van der Waals surface area contributed by atoms with Crippen molar-refractivity contribution >= 4 is 18.0 Å². The van der Waals surface area contributed by atoms with Crippen molar-refractivity contribution in [3.05, 3.63) is 29.3 Å². The second-order valence-corrected chi connectivity index (χ2v) is 6.73. The van der Waals surface area contributed by atoms with Crippen molar-refractivity contribution in [2.45, 2.75) is 32.4 Å². The minimum atomic E-state index is -2.28. The molecule has 1 aromatic carbocycles. The topological polar surface area (TPSA) is 183 Å². The van der Waals surface area contributed by atoms with Crippen molar-refractivity contribution in [2.75, 3.05) is 26.8 Å². The van der Waals surface area contributed by atoms with Crippen molar-refractivity contribution in [3.8, 4) is 5.75 Å². The highest BCUT2D eigenvalue weighted by atomic mass is 16.3. The molecular weight excluding hydrogens is 400 g/mol. The van der Waals surface area contributed by atoms with Crippen LogP contribution in [0, 0.1) is 6.92 Å². The number of hydrogen-bond donors (Lipinski definition) is 7. The molecule has 168 valence electrons. The number of nitrogens with zero attached hydrogens (tertiary/aromatic N) is 2. The van der Waals surface area contributed by atoms with Gasteiger partial charge in [-0.15, -0.1) is 0 Å².